The second kappa shape index (κ2) is 9.22. The number of anilines is 1. The Morgan fingerprint density at radius 3 is 2.80 bits per heavy atom. The molecule has 2 N–H and O–H groups in total. The maximum absolute atomic E-state index is 12.1. The van der Waals surface area contributed by atoms with Crippen molar-refractivity contribution in [3.63, 3.8) is 0 Å². The number of nitrogens with zero attached hydrogens (tertiary/aromatic N) is 3. The molecule has 0 aliphatic rings. The number of carbonyl (C=O) groups is 2. The minimum atomic E-state index is -0.162. The molecule has 0 aliphatic carbocycles. The molecule has 25 heavy (non-hydrogen) atoms. The third kappa shape index (κ3) is 6.22. The minimum absolute atomic E-state index is 0.134. The molecule has 8 heteroatoms. The van der Waals surface area contributed by atoms with Crippen LogP contribution in [0.4, 0.5) is 5.69 Å². The molecule has 1 heterocycles. The lowest BCUT2D eigenvalue weighted by atomic mass is 10.1. The SMILES string of the molecule is CC(C)CCNC(=O)c1cccc(NC(=O)CSc2nncn2C)c1. The fourth-order valence-electron chi connectivity index (χ4n) is 2.05. The van der Waals surface area contributed by atoms with Crippen LogP contribution in [0.2, 0.25) is 0 Å². The summed E-state index contributed by atoms with van der Waals surface area (Å²) >= 11 is 1.30. The van der Waals surface area contributed by atoms with E-state index in [1.165, 1.54) is 11.8 Å². The van der Waals surface area contributed by atoms with Crippen LogP contribution in [0.15, 0.2) is 35.7 Å². The van der Waals surface area contributed by atoms with Gasteiger partial charge in [-0.05, 0) is 30.5 Å². The van der Waals surface area contributed by atoms with Gasteiger partial charge in [-0.3, -0.25) is 9.59 Å². The third-order valence-electron chi connectivity index (χ3n) is 3.42. The van der Waals surface area contributed by atoms with E-state index in [4.69, 9.17) is 0 Å². The molecule has 0 spiro atoms. The fraction of sp³-hybridized carbons (Fsp3) is 0.412. The van der Waals surface area contributed by atoms with Gasteiger partial charge in [0.05, 0.1) is 5.75 Å². The second-order valence-corrected chi connectivity index (χ2v) is 7.02. The number of carbonyl (C=O) groups excluding carboxylic acids is 2. The van der Waals surface area contributed by atoms with Crippen LogP contribution in [-0.4, -0.2) is 38.9 Å². The van der Waals surface area contributed by atoms with Crippen LogP contribution >= 0.6 is 11.8 Å². The summed E-state index contributed by atoms with van der Waals surface area (Å²) in [5.74, 6) is 0.463. The summed E-state index contributed by atoms with van der Waals surface area (Å²) in [6.07, 6.45) is 2.52. The molecule has 0 bridgehead atoms. The molecule has 0 aliphatic heterocycles. The van der Waals surface area contributed by atoms with Crippen molar-refractivity contribution >= 4 is 29.3 Å². The van der Waals surface area contributed by atoms with Gasteiger partial charge >= 0.3 is 0 Å². The summed E-state index contributed by atoms with van der Waals surface area (Å²) in [5, 5.41) is 14.0. The number of nitrogens with one attached hydrogen (secondary N) is 2. The van der Waals surface area contributed by atoms with Crippen molar-refractivity contribution in [2.24, 2.45) is 13.0 Å². The highest BCUT2D eigenvalue weighted by atomic mass is 32.2. The van der Waals surface area contributed by atoms with Crippen LogP contribution < -0.4 is 10.6 Å². The number of aromatic nitrogens is 3. The van der Waals surface area contributed by atoms with Crippen molar-refractivity contribution in [1.82, 2.24) is 20.1 Å². The zero-order valence-corrected chi connectivity index (χ0v) is 15.5. The molecule has 0 atom stereocenters. The molecular formula is C17H23N5O2S. The smallest absolute Gasteiger partial charge is 0.251 e. The molecule has 1 aromatic heterocycles. The molecule has 134 valence electrons. The van der Waals surface area contributed by atoms with Crippen molar-refractivity contribution in [2.45, 2.75) is 25.4 Å². The largest absolute Gasteiger partial charge is 0.352 e. The van der Waals surface area contributed by atoms with Crippen molar-refractivity contribution in [3.05, 3.63) is 36.2 Å². The van der Waals surface area contributed by atoms with Crippen molar-refractivity contribution in [2.75, 3.05) is 17.6 Å². The van der Waals surface area contributed by atoms with Crippen LogP contribution in [0.25, 0.3) is 0 Å². The van der Waals surface area contributed by atoms with Gasteiger partial charge in [0, 0.05) is 24.8 Å². The fourth-order valence-corrected chi connectivity index (χ4v) is 2.73. The Hall–Kier alpha value is -2.35. The zero-order valence-electron chi connectivity index (χ0n) is 14.7. The molecule has 0 unspecified atom stereocenters. The van der Waals surface area contributed by atoms with E-state index >= 15 is 0 Å². The van der Waals surface area contributed by atoms with Gasteiger partial charge in [-0.2, -0.15) is 0 Å². The zero-order chi connectivity index (χ0) is 18.2. The first-order valence-electron chi connectivity index (χ1n) is 8.10. The molecule has 2 aromatic rings. The number of rotatable bonds is 8. The van der Waals surface area contributed by atoms with Gasteiger partial charge in [0.15, 0.2) is 5.16 Å². The molecular weight excluding hydrogens is 338 g/mol. The number of hydrogen-bond acceptors (Lipinski definition) is 5. The van der Waals surface area contributed by atoms with Crippen LogP contribution in [0.1, 0.15) is 30.6 Å². The summed E-state index contributed by atoms with van der Waals surface area (Å²) in [7, 11) is 1.82. The normalized spacial score (nSPS) is 10.7. The first kappa shape index (κ1) is 19.0. The van der Waals surface area contributed by atoms with E-state index < -0.39 is 0 Å². The summed E-state index contributed by atoms with van der Waals surface area (Å²) in [5.41, 5.74) is 1.13. The lowest BCUT2D eigenvalue weighted by Crippen LogP contribution is -2.25. The van der Waals surface area contributed by atoms with E-state index in [1.54, 1.807) is 35.2 Å². The van der Waals surface area contributed by atoms with E-state index in [2.05, 4.69) is 34.7 Å². The number of benzene rings is 1. The summed E-state index contributed by atoms with van der Waals surface area (Å²) in [4.78, 5) is 24.2. The number of thioether (sulfide) groups is 1. The second-order valence-electron chi connectivity index (χ2n) is 6.08. The Bertz CT molecular complexity index is 729. The Balaban J connectivity index is 1.86. The summed E-state index contributed by atoms with van der Waals surface area (Å²) in [6, 6.07) is 6.92. The van der Waals surface area contributed by atoms with Gasteiger partial charge in [-0.25, -0.2) is 0 Å². The van der Waals surface area contributed by atoms with E-state index in [-0.39, 0.29) is 17.6 Å². The van der Waals surface area contributed by atoms with E-state index in [1.807, 2.05) is 7.05 Å². The Kier molecular flexibility index (Phi) is 7.00. The van der Waals surface area contributed by atoms with E-state index in [9.17, 15) is 9.59 Å². The molecule has 7 nitrogen and oxygen atoms in total. The molecule has 1 aromatic carbocycles. The van der Waals surface area contributed by atoms with Crippen LogP contribution in [-0.2, 0) is 11.8 Å². The molecule has 2 amide bonds. The van der Waals surface area contributed by atoms with Crippen LogP contribution in [0, 0.1) is 5.92 Å². The average Bonchev–Trinajstić information content (AvgIpc) is 2.98. The van der Waals surface area contributed by atoms with Gasteiger partial charge in [0.1, 0.15) is 6.33 Å². The maximum Gasteiger partial charge on any atom is 0.251 e. The highest BCUT2D eigenvalue weighted by molar-refractivity contribution is 7.99. The number of hydrogen-bond donors (Lipinski definition) is 2. The first-order valence-corrected chi connectivity index (χ1v) is 9.09. The van der Waals surface area contributed by atoms with Gasteiger partial charge in [-0.1, -0.05) is 31.7 Å². The number of amides is 2. The molecule has 2 rings (SSSR count). The standard InChI is InChI=1S/C17H23N5O2S/c1-12(2)7-8-18-16(24)13-5-4-6-14(9-13)20-15(23)10-25-17-21-19-11-22(17)3/h4-6,9,11-12H,7-8,10H2,1-3H3,(H,18,24)(H,20,23). The predicted molar refractivity (Wildman–Crippen MR) is 98.6 cm³/mol. The van der Waals surface area contributed by atoms with Gasteiger partial charge < -0.3 is 15.2 Å². The predicted octanol–water partition coefficient (Wildman–Crippen LogP) is 2.32. The summed E-state index contributed by atoms with van der Waals surface area (Å²) < 4.78 is 1.75. The van der Waals surface area contributed by atoms with Gasteiger partial charge in [0.25, 0.3) is 5.91 Å². The molecule has 0 saturated carbocycles. The monoisotopic (exact) mass is 361 g/mol. The number of aryl methyl sites for hydroxylation is 1. The average molecular weight is 361 g/mol. The molecule has 0 saturated heterocycles. The Morgan fingerprint density at radius 2 is 2.12 bits per heavy atom. The third-order valence-corrected chi connectivity index (χ3v) is 4.45. The van der Waals surface area contributed by atoms with Crippen molar-refractivity contribution in [1.29, 1.82) is 0 Å². The lowest BCUT2D eigenvalue weighted by molar-refractivity contribution is -0.113. The molecule has 0 fully saturated rings. The van der Waals surface area contributed by atoms with Crippen LogP contribution in [0.5, 0.6) is 0 Å². The lowest BCUT2D eigenvalue weighted by Gasteiger charge is -2.09. The van der Waals surface area contributed by atoms with Crippen molar-refractivity contribution < 1.29 is 9.59 Å². The maximum atomic E-state index is 12.1. The highest BCUT2D eigenvalue weighted by Crippen LogP contribution is 2.15. The quantitative estimate of drug-likeness (QED) is 0.705. The first-order chi connectivity index (χ1) is 12.0. The molecule has 0 radical (unpaired) electrons. The Morgan fingerprint density at radius 1 is 1.32 bits per heavy atom. The van der Waals surface area contributed by atoms with Gasteiger partial charge in [-0.15, -0.1) is 10.2 Å². The topological polar surface area (TPSA) is 88.9 Å². The summed E-state index contributed by atoms with van der Waals surface area (Å²) in [6.45, 7) is 4.87. The minimum Gasteiger partial charge on any atom is -0.352 e. The van der Waals surface area contributed by atoms with Crippen LogP contribution in [0.3, 0.4) is 0 Å². The van der Waals surface area contributed by atoms with E-state index in [0.29, 0.717) is 28.9 Å². The van der Waals surface area contributed by atoms with Gasteiger partial charge in [0.2, 0.25) is 5.91 Å². The highest BCUT2D eigenvalue weighted by Gasteiger charge is 2.10. The van der Waals surface area contributed by atoms with Crippen molar-refractivity contribution in [3.8, 4) is 0 Å². The Labute approximate surface area is 151 Å². The van der Waals surface area contributed by atoms with E-state index in [0.717, 1.165) is 6.42 Å².